The summed E-state index contributed by atoms with van der Waals surface area (Å²) in [6.07, 6.45) is 4.82. The van der Waals surface area contributed by atoms with Crippen molar-refractivity contribution in [2.24, 2.45) is 0 Å². The molecule has 0 atom stereocenters. The topological polar surface area (TPSA) is 59.8 Å². The summed E-state index contributed by atoms with van der Waals surface area (Å²) in [5.74, 6) is 2.02. The number of nitrogens with one attached hydrogen (secondary N) is 1. The molecule has 0 spiro atoms. The highest BCUT2D eigenvalue weighted by atomic mass is 32.2. The van der Waals surface area contributed by atoms with E-state index in [1.165, 1.54) is 37.4 Å². The molecule has 0 radical (unpaired) electrons. The van der Waals surface area contributed by atoms with Gasteiger partial charge < -0.3 is 9.88 Å². The zero-order valence-electron chi connectivity index (χ0n) is 16.0. The number of nitrogens with zero attached hydrogens (tertiary/aromatic N) is 3. The maximum Gasteiger partial charge on any atom is 0.234 e. The molecule has 0 unspecified atom stereocenters. The zero-order chi connectivity index (χ0) is 19.6. The fourth-order valence-corrected chi connectivity index (χ4v) is 5.01. The molecule has 2 saturated carbocycles. The Morgan fingerprint density at radius 1 is 1.00 bits per heavy atom. The van der Waals surface area contributed by atoms with Gasteiger partial charge in [-0.2, -0.15) is 0 Å². The van der Waals surface area contributed by atoms with E-state index in [4.69, 9.17) is 0 Å². The molecule has 0 bridgehead atoms. The molecule has 0 saturated heterocycles. The van der Waals surface area contributed by atoms with Crippen LogP contribution in [-0.2, 0) is 4.79 Å². The molecule has 2 aromatic carbocycles. The van der Waals surface area contributed by atoms with Gasteiger partial charge in [0.2, 0.25) is 5.91 Å². The highest BCUT2D eigenvalue weighted by Gasteiger charge is 2.36. The Bertz CT molecular complexity index is 1010. The van der Waals surface area contributed by atoms with Crippen LogP contribution in [0.1, 0.15) is 43.5 Å². The number of hydrogen-bond acceptors (Lipinski definition) is 5. The van der Waals surface area contributed by atoms with E-state index in [-0.39, 0.29) is 5.91 Å². The number of benzene rings is 2. The summed E-state index contributed by atoms with van der Waals surface area (Å²) in [5, 5.41) is 12.8. The third-order valence-electron chi connectivity index (χ3n) is 5.01. The molecule has 2 fully saturated rings. The molecule has 3 aromatic rings. The molecule has 1 amide bonds. The van der Waals surface area contributed by atoms with Crippen LogP contribution in [-0.4, -0.2) is 26.4 Å². The van der Waals surface area contributed by atoms with Gasteiger partial charge in [-0.25, -0.2) is 0 Å². The Labute approximate surface area is 178 Å². The Hall–Kier alpha value is -2.25. The standard InChI is InChI=1S/C22H22N4OS2/c27-20(14-28-22-25-24-21(15-10-11-15)26(22)16-12-13-16)23-18-8-4-5-9-19(18)29-17-6-2-1-3-7-17/h1-9,15-16H,10-14H2,(H,23,27). The lowest BCUT2D eigenvalue weighted by molar-refractivity contribution is -0.113. The summed E-state index contributed by atoms with van der Waals surface area (Å²) in [4.78, 5) is 14.8. The molecule has 2 aliphatic carbocycles. The van der Waals surface area contributed by atoms with Crippen molar-refractivity contribution in [1.82, 2.24) is 14.8 Å². The number of para-hydroxylation sites is 1. The second-order valence-electron chi connectivity index (χ2n) is 7.46. The Balaban J connectivity index is 1.24. The van der Waals surface area contributed by atoms with Gasteiger partial charge in [-0.15, -0.1) is 10.2 Å². The predicted octanol–water partition coefficient (Wildman–Crippen LogP) is 5.37. The average Bonchev–Trinajstić information content (AvgIpc) is 3.67. The first-order valence-electron chi connectivity index (χ1n) is 9.97. The fraction of sp³-hybridized carbons (Fsp3) is 0.318. The molecule has 29 heavy (non-hydrogen) atoms. The summed E-state index contributed by atoms with van der Waals surface area (Å²) in [6.45, 7) is 0. The molecular formula is C22H22N4OS2. The van der Waals surface area contributed by atoms with Crippen molar-refractivity contribution in [3.63, 3.8) is 0 Å². The first-order valence-corrected chi connectivity index (χ1v) is 11.8. The predicted molar refractivity (Wildman–Crippen MR) is 117 cm³/mol. The monoisotopic (exact) mass is 422 g/mol. The summed E-state index contributed by atoms with van der Waals surface area (Å²) < 4.78 is 2.29. The Kier molecular flexibility index (Phi) is 5.33. The summed E-state index contributed by atoms with van der Waals surface area (Å²) in [6, 6.07) is 18.6. The number of carbonyl (C=O) groups excluding carboxylic acids is 1. The number of amides is 1. The number of carbonyl (C=O) groups is 1. The van der Waals surface area contributed by atoms with Crippen molar-refractivity contribution in [3.8, 4) is 0 Å². The number of aromatic nitrogens is 3. The van der Waals surface area contributed by atoms with Crippen LogP contribution in [0.2, 0.25) is 0 Å². The second-order valence-corrected chi connectivity index (χ2v) is 9.52. The quantitative estimate of drug-likeness (QED) is 0.494. The van der Waals surface area contributed by atoms with E-state index in [2.05, 4.69) is 32.2 Å². The Morgan fingerprint density at radius 3 is 2.52 bits per heavy atom. The van der Waals surface area contributed by atoms with Crippen LogP contribution < -0.4 is 5.32 Å². The zero-order valence-corrected chi connectivity index (χ0v) is 17.6. The highest BCUT2D eigenvalue weighted by Crippen LogP contribution is 2.46. The van der Waals surface area contributed by atoms with Crippen molar-refractivity contribution in [2.45, 2.75) is 52.6 Å². The maximum atomic E-state index is 12.6. The lowest BCUT2D eigenvalue weighted by atomic mass is 10.3. The SMILES string of the molecule is O=C(CSc1nnc(C2CC2)n1C1CC1)Nc1ccccc1Sc1ccccc1. The van der Waals surface area contributed by atoms with Gasteiger partial charge in [0.05, 0.1) is 11.4 Å². The minimum Gasteiger partial charge on any atom is -0.324 e. The minimum atomic E-state index is -0.0190. The van der Waals surface area contributed by atoms with Crippen LogP contribution in [0.5, 0.6) is 0 Å². The van der Waals surface area contributed by atoms with Gasteiger partial charge in [-0.05, 0) is 49.9 Å². The van der Waals surface area contributed by atoms with Crippen molar-refractivity contribution in [1.29, 1.82) is 0 Å². The smallest absolute Gasteiger partial charge is 0.234 e. The third kappa shape index (κ3) is 4.51. The largest absolute Gasteiger partial charge is 0.324 e. The van der Waals surface area contributed by atoms with E-state index >= 15 is 0 Å². The molecule has 5 rings (SSSR count). The van der Waals surface area contributed by atoms with Gasteiger partial charge in [-0.3, -0.25) is 4.79 Å². The number of rotatable bonds is 8. The normalized spacial score (nSPS) is 16.0. The second kappa shape index (κ2) is 8.24. The summed E-state index contributed by atoms with van der Waals surface area (Å²) in [7, 11) is 0. The van der Waals surface area contributed by atoms with Crippen LogP contribution in [0.4, 0.5) is 5.69 Å². The van der Waals surface area contributed by atoms with Crippen LogP contribution >= 0.6 is 23.5 Å². The van der Waals surface area contributed by atoms with E-state index in [0.717, 1.165) is 26.5 Å². The van der Waals surface area contributed by atoms with Gasteiger partial charge in [0.15, 0.2) is 5.16 Å². The molecule has 0 aliphatic heterocycles. The van der Waals surface area contributed by atoms with Gasteiger partial charge in [0.25, 0.3) is 0 Å². The van der Waals surface area contributed by atoms with Crippen LogP contribution in [0, 0.1) is 0 Å². The van der Waals surface area contributed by atoms with Crippen molar-refractivity contribution >= 4 is 35.1 Å². The van der Waals surface area contributed by atoms with E-state index in [1.54, 1.807) is 11.8 Å². The van der Waals surface area contributed by atoms with Crippen molar-refractivity contribution < 1.29 is 4.79 Å². The van der Waals surface area contributed by atoms with Gasteiger partial charge in [0, 0.05) is 21.8 Å². The first-order chi connectivity index (χ1) is 14.3. The molecule has 148 valence electrons. The highest BCUT2D eigenvalue weighted by molar-refractivity contribution is 8.00. The number of anilines is 1. The average molecular weight is 423 g/mol. The van der Waals surface area contributed by atoms with Crippen molar-refractivity contribution in [2.75, 3.05) is 11.1 Å². The van der Waals surface area contributed by atoms with Crippen molar-refractivity contribution in [3.05, 3.63) is 60.4 Å². The molecule has 7 heteroatoms. The molecule has 1 N–H and O–H groups in total. The molecule has 5 nitrogen and oxygen atoms in total. The van der Waals surface area contributed by atoms with Crippen LogP contribution in [0.3, 0.4) is 0 Å². The van der Waals surface area contributed by atoms with Gasteiger partial charge in [0.1, 0.15) is 5.82 Å². The van der Waals surface area contributed by atoms with Crippen LogP contribution in [0.25, 0.3) is 0 Å². The number of thioether (sulfide) groups is 1. The van der Waals surface area contributed by atoms with Gasteiger partial charge in [-0.1, -0.05) is 53.9 Å². The fourth-order valence-electron chi connectivity index (χ4n) is 3.27. The first kappa shape index (κ1) is 18.8. The molecule has 2 aliphatic rings. The lowest BCUT2D eigenvalue weighted by Crippen LogP contribution is -2.15. The molecule has 1 heterocycles. The summed E-state index contributed by atoms with van der Waals surface area (Å²) >= 11 is 3.14. The minimum absolute atomic E-state index is 0.0190. The lowest BCUT2D eigenvalue weighted by Gasteiger charge is -2.11. The third-order valence-corrected chi connectivity index (χ3v) is 7.04. The number of hydrogen-bond donors (Lipinski definition) is 1. The molecule has 1 aromatic heterocycles. The van der Waals surface area contributed by atoms with E-state index in [1.807, 2.05) is 42.5 Å². The maximum absolute atomic E-state index is 12.6. The van der Waals surface area contributed by atoms with E-state index in [0.29, 0.717) is 17.7 Å². The van der Waals surface area contributed by atoms with Gasteiger partial charge >= 0.3 is 0 Å². The Morgan fingerprint density at radius 2 is 1.76 bits per heavy atom. The van der Waals surface area contributed by atoms with E-state index < -0.39 is 0 Å². The summed E-state index contributed by atoms with van der Waals surface area (Å²) in [5.41, 5.74) is 0.842. The molecular weight excluding hydrogens is 400 g/mol. The van der Waals surface area contributed by atoms with E-state index in [9.17, 15) is 4.79 Å². The van der Waals surface area contributed by atoms with Crippen LogP contribution in [0.15, 0.2) is 69.5 Å².